The van der Waals surface area contributed by atoms with E-state index in [-0.39, 0.29) is 41.6 Å². The maximum atomic E-state index is 13.2. The van der Waals surface area contributed by atoms with Gasteiger partial charge in [-0.1, -0.05) is 57.2 Å². The summed E-state index contributed by atoms with van der Waals surface area (Å²) in [5, 5.41) is 25.1. The average molecular weight is 849 g/mol. The van der Waals surface area contributed by atoms with Crippen LogP contribution in [0.1, 0.15) is 76.9 Å². The van der Waals surface area contributed by atoms with Crippen molar-refractivity contribution in [3.8, 4) is 17.2 Å². The second kappa shape index (κ2) is 21.5. The molecule has 5 N–H and O–H groups in total. The summed E-state index contributed by atoms with van der Waals surface area (Å²) in [6, 6.07) is 25.8. The van der Waals surface area contributed by atoms with Crippen LogP contribution in [0.3, 0.4) is 0 Å². The molecule has 328 valence electrons. The van der Waals surface area contributed by atoms with Gasteiger partial charge in [0.1, 0.15) is 31.1 Å². The van der Waals surface area contributed by atoms with E-state index in [9.17, 15) is 24.3 Å². The zero-order chi connectivity index (χ0) is 44.1. The summed E-state index contributed by atoms with van der Waals surface area (Å²) < 4.78 is 23.1. The number of rotatable bonds is 20. The monoisotopic (exact) mass is 848 g/mol. The van der Waals surface area contributed by atoms with Crippen LogP contribution < -0.4 is 25.5 Å². The van der Waals surface area contributed by atoms with E-state index in [0.29, 0.717) is 54.5 Å². The molecule has 0 bridgehead atoms. The first-order valence-corrected chi connectivity index (χ1v) is 21.0. The van der Waals surface area contributed by atoms with Gasteiger partial charge >= 0.3 is 5.97 Å². The Morgan fingerprint density at radius 1 is 0.823 bits per heavy atom. The molecule has 14 heteroatoms. The number of aromatic nitrogens is 1. The van der Waals surface area contributed by atoms with Crippen molar-refractivity contribution in [1.29, 1.82) is 0 Å². The van der Waals surface area contributed by atoms with E-state index in [1.54, 1.807) is 36.4 Å². The van der Waals surface area contributed by atoms with Crippen LogP contribution in [0.25, 0.3) is 10.9 Å². The van der Waals surface area contributed by atoms with Crippen molar-refractivity contribution in [1.82, 2.24) is 15.2 Å². The number of carboxylic acids is 1. The summed E-state index contributed by atoms with van der Waals surface area (Å²) in [5.41, 5.74) is 3.80. The molecule has 0 unspecified atom stereocenters. The molecule has 0 aliphatic carbocycles. The maximum Gasteiger partial charge on any atom is 0.322 e. The van der Waals surface area contributed by atoms with Gasteiger partial charge in [0.25, 0.3) is 11.8 Å². The third kappa shape index (κ3) is 12.7. The van der Waals surface area contributed by atoms with Gasteiger partial charge in [0.15, 0.2) is 11.5 Å². The summed E-state index contributed by atoms with van der Waals surface area (Å²) in [4.78, 5) is 54.4. The highest BCUT2D eigenvalue weighted by molar-refractivity contribution is 6.06. The van der Waals surface area contributed by atoms with Gasteiger partial charge in [0.2, 0.25) is 5.43 Å². The summed E-state index contributed by atoms with van der Waals surface area (Å²) in [7, 11) is 0. The third-order valence-electron chi connectivity index (χ3n) is 10.8. The number of carbonyl (C=O) groups excluding carboxylic acids is 2. The van der Waals surface area contributed by atoms with E-state index in [1.807, 2.05) is 51.1 Å². The fourth-order valence-corrected chi connectivity index (χ4v) is 7.38. The number of aromatic hydroxyl groups is 1. The highest BCUT2D eigenvalue weighted by Gasteiger charge is 2.24. The van der Waals surface area contributed by atoms with E-state index in [1.165, 1.54) is 17.8 Å². The van der Waals surface area contributed by atoms with Crippen LogP contribution in [0, 0.1) is 0 Å². The molecule has 4 aromatic carbocycles. The first-order valence-electron chi connectivity index (χ1n) is 21.0. The highest BCUT2D eigenvalue weighted by atomic mass is 16.6. The summed E-state index contributed by atoms with van der Waals surface area (Å²) in [6.07, 6.45) is 4.44. The summed E-state index contributed by atoms with van der Waals surface area (Å²) >= 11 is 0. The number of carbonyl (C=O) groups is 3. The molecule has 0 atom stereocenters. The first-order chi connectivity index (χ1) is 29.9. The number of H-pyrrole nitrogens is 1. The number of hydrogen-bond donors (Lipinski definition) is 5. The molecule has 14 nitrogen and oxygen atoms in total. The fourth-order valence-electron chi connectivity index (χ4n) is 7.38. The summed E-state index contributed by atoms with van der Waals surface area (Å²) in [5.74, 6) is -0.649. The van der Waals surface area contributed by atoms with Crippen LogP contribution in [0.5, 0.6) is 17.2 Å². The first kappa shape index (κ1) is 45.3. The lowest BCUT2D eigenvalue weighted by Crippen LogP contribution is -2.34. The molecule has 6 rings (SSSR count). The van der Waals surface area contributed by atoms with E-state index in [2.05, 4.69) is 32.7 Å². The number of aliphatic carboxylic acids is 1. The minimum atomic E-state index is -1.07. The van der Waals surface area contributed by atoms with Crippen LogP contribution in [-0.2, 0) is 26.1 Å². The molecule has 5 aromatic rings. The van der Waals surface area contributed by atoms with Crippen LogP contribution in [0.15, 0.2) is 95.9 Å². The van der Waals surface area contributed by atoms with Gasteiger partial charge < -0.3 is 49.7 Å². The minimum absolute atomic E-state index is 0.0321. The van der Waals surface area contributed by atoms with Crippen molar-refractivity contribution in [3.05, 3.63) is 129 Å². The number of benzene rings is 4. The van der Waals surface area contributed by atoms with Crippen LogP contribution in [0.2, 0.25) is 0 Å². The average Bonchev–Trinajstić information content (AvgIpc) is 3.26. The molecule has 1 aliphatic heterocycles. The number of carboxylic acid groups (broad SMARTS) is 1. The van der Waals surface area contributed by atoms with Crippen molar-refractivity contribution >= 4 is 34.4 Å². The Kier molecular flexibility index (Phi) is 15.7. The lowest BCUT2D eigenvalue weighted by atomic mass is 9.85. The number of anilines is 1. The molecule has 2 amide bonds. The number of aromatic amines is 1. The molecular weight excluding hydrogens is 793 g/mol. The van der Waals surface area contributed by atoms with Crippen molar-refractivity contribution in [3.63, 3.8) is 0 Å². The Morgan fingerprint density at radius 2 is 1.48 bits per heavy atom. The predicted molar refractivity (Wildman–Crippen MR) is 237 cm³/mol. The van der Waals surface area contributed by atoms with E-state index in [0.717, 1.165) is 55.8 Å². The maximum absolute atomic E-state index is 13.2. The number of amides is 2. The smallest absolute Gasteiger partial charge is 0.322 e. The summed E-state index contributed by atoms with van der Waals surface area (Å²) in [6.45, 7) is 10.5. The van der Waals surface area contributed by atoms with Gasteiger partial charge in [0.05, 0.1) is 26.4 Å². The Balaban J connectivity index is 0.835. The second-order valence-electron chi connectivity index (χ2n) is 16.3. The van der Waals surface area contributed by atoms with Gasteiger partial charge in [-0.3, -0.25) is 19.2 Å². The van der Waals surface area contributed by atoms with Crippen molar-refractivity contribution < 1.29 is 43.5 Å². The van der Waals surface area contributed by atoms with Crippen molar-refractivity contribution in [2.75, 3.05) is 71.1 Å². The number of likely N-dealkylation sites (tertiary alicyclic amines) is 1. The standard InChI is InChI=1S/C48H56N4O10/c1-48(2,3)39-28-43(42(53)29-41(39)51-47(58)38-30-49-40-7-5-4-6-37(40)45(38)56)62-27-25-60-23-22-59-24-26-61-36-14-12-33(13-15-36)34-17-20-52(21-18-34)19-16-32-8-10-35(11-9-32)46(57)50-31-44(54)55/h4-15,28-30,34,53H,16-27,31H2,1-3H3,(H,49,56)(H,50,57)(H,51,58)(H,54,55). The Hall–Kier alpha value is -6.22. The Morgan fingerprint density at radius 3 is 2.16 bits per heavy atom. The van der Waals surface area contributed by atoms with Crippen LogP contribution >= 0.6 is 0 Å². The molecule has 0 spiro atoms. The Labute approximate surface area is 361 Å². The number of nitrogens with zero attached hydrogens (tertiary/aromatic N) is 1. The molecule has 1 aromatic heterocycles. The number of ether oxygens (including phenoxy) is 4. The molecule has 0 radical (unpaired) electrons. The van der Waals surface area contributed by atoms with Crippen molar-refractivity contribution in [2.45, 2.75) is 51.4 Å². The zero-order valence-electron chi connectivity index (χ0n) is 35.5. The highest BCUT2D eigenvalue weighted by Crippen LogP contribution is 2.39. The molecule has 0 saturated carbocycles. The van der Waals surface area contributed by atoms with Crippen LogP contribution in [-0.4, -0.2) is 104 Å². The van der Waals surface area contributed by atoms with E-state index in [4.69, 9.17) is 24.1 Å². The number of phenols is 1. The number of nitrogens with one attached hydrogen (secondary N) is 3. The largest absolute Gasteiger partial charge is 0.504 e. The number of para-hydroxylation sites is 1. The second-order valence-corrected chi connectivity index (χ2v) is 16.3. The topological polar surface area (TPSA) is 189 Å². The lowest BCUT2D eigenvalue weighted by molar-refractivity contribution is -0.135. The number of hydrogen-bond acceptors (Lipinski definition) is 10. The Bertz CT molecular complexity index is 2350. The molecule has 2 heterocycles. The molecule has 1 saturated heterocycles. The van der Waals surface area contributed by atoms with Gasteiger partial charge in [-0.25, -0.2) is 0 Å². The quantitative estimate of drug-likeness (QED) is 0.0537. The lowest BCUT2D eigenvalue weighted by Gasteiger charge is -2.32. The van der Waals surface area contributed by atoms with Crippen molar-refractivity contribution in [2.24, 2.45) is 0 Å². The normalized spacial score (nSPS) is 13.5. The SMILES string of the molecule is CC(C)(C)c1cc(OCCOCCOCCOc2ccc(C3CCN(CCc4ccc(C(=O)NCC(=O)O)cc4)CC3)cc2)c(O)cc1NC(=O)c1c[nH]c2ccccc2c1=O. The van der Waals surface area contributed by atoms with Gasteiger partial charge in [-0.05, 0) is 103 Å². The molecule has 1 fully saturated rings. The van der Waals surface area contributed by atoms with Gasteiger partial charge in [-0.15, -0.1) is 0 Å². The minimum Gasteiger partial charge on any atom is -0.504 e. The van der Waals surface area contributed by atoms with Crippen LogP contribution in [0.4, 0.5) is 5.69 Å². The van der Waals surface area contributed by atoms with E-state index >= 15 is 0 Å². The fraction of sp³-hybridized carbons (Fsp3) is 0.375. The number of piperidine rings is 1. The zero-order valence-corrected chi connectivity index (χ0v) is 35.5. The third-order valence-corrected chi connectivity index (χ3v) is 10.8. The number of pyridine rings is 1. The molecular formula is C48H56N4O10. The predicted octanol–water partition coefficient (Wildman–Crippen LogP) is 6.51. The number of fused-ring (bicyclic) bond motifs is 1. The molecule has 62 heavy (non-hydrogen) atoms. The van der Waals surface area contributed by atoms with Gasteiger partial charge in [-0.2, -0.15) is 0 Å². The van der Waals surface area contributed by atoms with Gasteiger partial charge in [0, 0.05) is 41.0 Å². The number of phenolic OH excluding ortho intramolecular Hbond substituents is 1. The molecule has 1 aliphatic rings. The van der Waals surface area contributed by atoms with E-state index < -0.39 is 23.8 Å².